The normalized spacial score (nSPS) is 11.2. The minimum atomic E-state index is -4.64. The van der Waals surface area contributed by atoms with Crippen LogP contribution in [0.1, 0.15) is 0 Å². The molecule has 0 unspecified atom stereocenters. The number of benzene rings is 1. The number of hydrogen-bond acceptors (Lipinski definition) is 3. The number of anilines is 1. The van der Waals surface area contributed by atoms with Gasteiger partial charge in [-0.25, -0.2) is 4.79 Å². The summed E-state index contributed by atoms with van der Waals surface area (Å²) >= 11 is 0. The second-order valence-corrected chi connectivity index (χ2v) is 3.08. The molecule has 0 bridgehead atoms. The number of carbonyl (C=O) groups is 1. The molecular weight excluding hydrogens is 258 g/mol. The van der Waals surface area contributed by atoms with Gasteiger partial charge in [0, 0.05) is 0 Å². The van der Waals surface area contributed by atoms with Crippen LogP contribution in [0.2, 0.25) is 0 Å². The molecule has 0 fully saturated rings. The van der Waals surface area contributed by atoms with E-state index in [4.69, 9.17) is 0 Å². The van der Waals surface area contributed by atoms with Gasteiger partial charge in [-0.2, -0.15) is 17.6 Å². The summed E-state index contributed by atoms with van der Waals surface area (Å²) in [4.78, 5) is 10.9. The van der Waals surface area contributed by atoms with Crippen molar-refractivity contribution in [1.29, 1.82) is 0 Å². The van der Waals surface area contributed by atoms with Crippen LogP contribution in [0.25, 0.3) is 0 Å². The van der Waals surface area contributed by atoms with Crippen LogP contribution < -0.4 is 10.1 Å². The molecule has 1 N–H and O–H groups in total. The molecule has 18 heavy (non-hydrogen) atoms. The molecule has 0 aliphatic rings. The first-order chi connectivity index (χ1) is 8.36. The third-order valence-corrected chi connectivity index (χ3v) is 1.81. The van der Waals surface area contributed by atoms with E-state index in [1.54, 1.807) is 0 Å². The number of para-hydroxylation sites is 2. The molecule has 0 aliphatic carbocycles. The molecule has 0 aromatic heterocycles. The van der Waals surface area contributed by atoms with Crippen molar-refractivity contribution in [2.24, 2.45) is 0 Å². The first-order valence-corrected chi connectivity index (χ1v) is 4.66. The predicted octanol–water partition coefficient (Wildman–Crippen LogP) is 3.10. The van der Waals surface area contributed by atoms with E-state index < -0.39 is 24.4 Å². The van der Waals surface area contributed by atoms with E-state index in [2.05, 4.69) is 14.8 Å². The Hall–Kier alpha value is -1.99. The Balaban J connectivity index is 2.92. The van der Waals surface area contributed by atoms with Crippen LogP contribution in [0.5, 0.6) is 5.75 Å². The Morgan fingerprint density at radius 1 is 1.33 bits per heavy atom. The SMILES string of the molecule is COC(=O)Nc1ccccc1OC(F)(F)C(F)F. The van der Waals surface area contributed by atoms with E-state index in [9.17, 15) is 22.4 Å². The number of halogens is 4. The molecule has 1 amide bonds. The number of methoxy groups -OCH3 is 1. The number of amides is 1. The van der Waals surface area contributed by atoms with Crippen molar-refractivity contribution in [2.45, 2.75) is 12.5 Å². The van der Waals surface area contributed by atoms with Crippen molar-refractivity contribution >= 4 is 11.8 Å². The number of alkyl halides is 4. The molecular formula is C10H9F4NO3. The molecule has 0 aliphatic heterocycles. The molecule has 1 rings (SSSR count). The van der Waals surface area contributed by atoms with Crippen molar-refractivity contribution < 1.29 is 31.8 Å². The van der Waals surface area contributed by atoms with Gasteiger partial charge in [0.05, 0.1) is 12.8 Å². The minimum Gasteiger partial charge on any atom is -0.453 e. The van der Waals surface area contributed by atoms with Gasteiger partial charge in [0.25, 0.3) is 0 Å². The summed E-state index contributed by atoms with van der Waals surface area (Å²) in [6.07, 6.45) is -9.57. The summed E-state index contributed by atoms with van der Waals surface area (Å²) in [5.41, 5.74) is -0.204. The predicted molar refractivity (Wildman–Crippen MR) is 54.0 cm³/mol. The average Bonchev–Trinajstić information content (AvgIpc) is 2.31. The lowest BCUT2D eigenvalue weighted by Gasteiger charge is -2.18. The minimum absolute atomic E-state index is 0.204. The Morgan fingerprint density at radius 3 is 2.50 bits per heavy atom. The van der Waals surface area contributed by atoms with Gasteiger partial charge in [-0.05, 0) is 12.1 Å². The Morgan fingerprint density at radius 2 is 1.94 bits per heavy atom. The van der Waals surface area contributed by atoms with Crippen LogP contribution in [-0.4, -0.2) is 25.7 Å². The fourth-order valence-electron chi connectivity index (χ4n) is 1.01. The molecule has 4 nitrogen and oxygen atoms in total. The number of hydrogen-bond donors (Lipinski definition) is 1. The zero-order chi connectivity index (χ0) is 13.8. The summed E-state index contributed by atoms with van der Waals surface area (Å²) in [6, 6.07) is 4.91. The van der Waals surface area contributed by atoms with Crippen LogP contribution in [0, 0.1) is 0 Å². The molecule has 0 saturated heterocycles. The van der Waals surface area contributed by atoms with Gasteiger partial charge in [0.1, 0.15) is 5.75 Å². The number of rotatable bonds is 4. The second kappa shape index (κ2) is 5.56. The zero-order valence-electron chi connectivity index (χ0n) is 9.12. The van der Waals surface area contributed by atoms with Crippen LogP contribution in [0.4, 0.5) is 28.0 Å². The fraction of sp³-hybridized carbons (Fsp3) is 0.300. The summed E-state index contributed by atoms with van der Waals surface area (Å²) in [5.74, 6) is -0.590. The van der Waals surface area contributed by atoms with E-state index in [1.165, 1.54) is 18.2 Å². The highest BCUT2D eigenvalue weighted by Crippen LogP contribution is 2.32. The van der Waals surface area contributed by atoms with Gasteiger partial charge in [0.2, 0.25) is 0 Å². The Kier molecular flexibility index (Phi) is 4.35. The maximum Gasteiger partial charge on any atom is 0.461 e. The Bertz CT molecular complexity index is 425. The lowest BCUT2D eigenvalue weighted by atomic mass is 10.3. The van der Waals surface area contributed by atoms with Gasteiger partial charge in [0.15, 0.2) is 0 Å². The molecule has 100 valence electrons. The van der Waals surface area contributed by atoms with E-state index in [0.29, 0.717) is 0 Å². The van der Waals surface area contributed by atoms with Crippen LogP contribution in [0.15, 0.2) is 24.3 Å². The zero-order valence-corrected chi connectivity index (χ0v) is 9.12. The average molecular weight is 267 g/mol. The van der Waals surface area contributed by atoms with E-state index in [0.717, 1.165) is 13.2 Å². The van der Waals surface area contributed by atoms with Crippen molar-refractivity contribution in [3.05, 3.63) is 24.3 Å². The molecule has 0 radical (unpaired) electrons. The maximum atomic E-state index is 12.7. The first-order valence-electron chi connectivity index (χ1n) is 4.66. The highest BCUT2D eigenvalue weighted by Gasteiger charge is 2.44. The van der Waals surface area contributed by atoms with E-state index in [1.807, 2.05) is 0 Å². The summed E-state index contributed by atoms with van der Waals surface area (Å²) in [6.45, 7) is 0. The summed E-state index contributed by atoms with van der Waals surface area (Å²) in [7, 11) is 1.06. The molecule has 1 aromatic rings. The largest absolute Gasteiger partial charge is 0.461 e. The standard InChI is InChI=1S/C10H9F4NO3/c1-17-9(16)15-6-4-2-3-5-7(6)18-10(13,14)8(11)12/h2-5,8H,1H3,(H,15,16). The van der Waals surface area contributed by atoms with Gasteiger partial charge in [-0.3, -0.25) is 5.32 Å². The quantitative estimate of drug-likeness (QED) is 0.853. The van der Waals surface area contributed by atoms with Crippen molar-refractivity contribution in [1.82, 2.24) is 0 Å². The van der Waals surface area contributed by atoms with Crippen molar-refractivity contribution in [3.63, 3.8) is 0 Å². The number of ether oxygens (including phenoxy) is 2. The lowest BCUT2D eigenvalue weighted by molar-refractivity contribution is -0.252. The smallest absolute Gasteiger partial charge is 0.453 e. The topological polar surface area (TPSA) is 47.6 Å². The highest BCUT2D eigenvalue weighted by atomic mass is 19.3. The summed E-state index contributed by atoms with van der Waals surface area (Å²) < 4.78 is 57.5. The van der Waals surface area contributed by atoms with Gasteiger partial charge >= 0.3 is 18.6 Å². The van der Waals surface area contributed by atoms with Crippen LogP contribution in [-0.2, 0) is 4.74 Å². The van der Waals surface area contributed by atoms with Crippen molar-refractivity contribution in [3.8, 4) is 5.75 Å². The first kappa shape index (κ1) is 14.1. The molecule has 0 saturated carbocycles. The Labute approximate surface area is 99.5 Å². The molecule has 8 heteroatoms. The monoisotopic (exact) mass is 267 g/mol. The molecule has 0 atom stereocenters. The third kappa shape index (κ3) is 3.51. The molecule has 0 spiro atoms. The summed E-state index contributed by atoms with van der Waals surface area (Å²) in [5, 5.41) is 2.06. The lowest BCUT2D eigenvalue weighted by Crippen LogP contribution is -2.33. The third-order valence-electron chi connectivity index (χ3n) is 1.81. The second-order valence-electron chi connectivity index (χ2n) is 3.08. The van der Waals surface area contributed by atoms with Gasteiger partial charge in [-0.15, -0.1) is 0 Å². The van der Waals surface area contributed by atoms with Crippen molar-refractivity contribution in [2.75, 3.05) is 12.4 Å². The fourth-order valence-corrected chi connectivity index (χ4v) is 1.01. The highest BCUT2D eigenvalue weighted by molar-refractivity contribution is 5.86. The van der Waals surface area contributed by atoms with Crippen LogP contribution >= 0.6 is 0 Å². The van der Waals surface area contributed by atoms with Gasteiger partial charge < -0.3 is 9.47 Å². The number of carbonyl (C=O) groups excluding carboxylic acids is 1. The maximum absolute atomic E-state index is 12.7. The molecule has 0 heterocycles. The van der Waals surface area contributed by atoms with E-state index >= 15 is 0 Å². The van der Waals surface area contributed by atoms with Gasteiger partial charge in [-0.1, -0.05) is 12.1 Å². The molecule has 1 aromatic carbocycles. The number of nitrogens with one attached hydrogen (secondary N) is 1. The van der Waals surface area contributed by atoms with Crippen LogP contribution in [0.3, 0.4) is 0 Å². The van der Waals surface area contributed by atoms with E-state index in [-0.39, 0.29) is 5.69 Å².